The summed E-state index contributed by atoms with van der Waals surface area (Å²) in [5.41, 5.74) is 14.3. The molecule has 10 aromatic heterocycles. The number of hydrogen-bond acceptors (Lipinski definition) is 27. The van der Waals surface area contributed by atoms with Gasteiger partial charge in [0, 0.05) is 168 Å². The van der Waals surface area contributed by atoms with Gasteiger partial charge >= 0.3 is 0 Å². The maximum atomic E-state index is 14.0. The van der Waals surface area contributed by atoms with Gasteiger partial charge in [-0.2, -0.15) is 0 Å². The van der Waals surface area contributed by atoms with Crippen molar-refractivity contribution in [3.63, 3.8) is 0 Å². The Bertz CT molecular complexity index is 5400. The van der Waals surface area contributed by atoms with E-state index >= 15 is 0 Å². The van der Waals surface area contributed by atoms with Crippen molar-refractivity contribution in [2.45, 2.75) is 46.0 Å². The lowest BCUT2D eigenvalue weighted by molar-refractivity contribution is 0.0984. The highest BCUT2D eigenvalue weighted by Crippen LogP contribution is 2.31. The van der Waals surface area contributed by atoms with Crippen LogP contribution >= 0.6 is 56.9 Å². The smallest absolute Gasteiger partial charge is 0.169 e. The highest BCUT2D eigenvalue weighted by atomic mass is 35.5. The molecule has 23 nitrogen and oxygen atoms in total. The Balaban J connectivity index is 0.000000142. The van der Waals surface area contributed by atoms with Crippen molar-refractivity contribution in [1.82, 2.24) is 64.8 Å². The van der Waals surface area contributed by atoms with Crippen LogP contribution in [0.4, 0.5) is 61.3 Å². The predicted octanol–water partition coefficient (Wildman–Crippen LogP) is 18.2. The van der Waals surface area contributed by atoms with Crippen molar-refractivity contribution < 1.29 is 28.4 Å². The first kappa shape index (κ1) is 82.8. The molecule has 0 fully saturated rings. The van der Waals surface area contributed by atoms with Crippen molar-refractivity contribution in [3.05, 3.63) is 348 Å². The third-order valence-electron chi connectivity index (χ3n) is 17.4. The van der Waals surface area contributed by atoms with Crippen LogP contribution in [0.25, 0.3) is 0 Å². The third kappa shape index (κ3) is 24.4. The van der Waals surface area contributed by atoms with Gasteiger partial charge in [-0.05, 0) is 116 Å². The number of rotatable bonds is 25. The lowest BCUT2D eigenvalue weighted by atomic mass is 10.0. The maximum absolute atomic E-state index is 14.0. The summed E-state index contributed by atoms with van der Waals surface area (Å²) in [4.78, 5) is 125. The second kappa shape index (κ2) is 41.4. The first-order chi connectivity index (χ1) is 55.8. The average molecular weight is 1620 g/mol. The lowest BCUT2D eigenvalue weighted by Gasteiger charge is -2.19. The molecule has 0 radical (unpaired) electrons. The van der Waals surface area contributed by atoms with Crippen LogP contribution in [0.3, 0.4) is 0 Å². The van der Waals surface area contributed by atoms with E-state index in [1.165, 1.54) is 82.7 Å². The van der Waals surface area contributed by atoms with E-state index in [1.807, 2.05) is 204 Å². The maximum Gasteiger partial charge on any atom is 0.169 e. The number of pyridine rings is 3. The Morgan fingerprint density at radius 3 is 1.01 bits per heavy atom. The minimum atomic E-state index is -0.492. The summed E-state index contributed by atoms with van der Waals surface area (Å²) in [5, 5.41) is 11.5. The van der Waals surface area contributed by atoms with E-state index in [9.17, 15) is 28.4 Å². The molecule has 0 atom stereocenters. The van der Waals surface area contributed by atoms with Crippen LogP contribution in [0.5, 0.6) is 0 Å². The number of halogens is 2. The molecule has 0 bridgehead atoms. The van der Waals surface area contributed by atoms with E-state index < -0.39 is 5.82 Å². The van der Waals surface area contributed by atoms with Gasteiger partial charge in [-0.1, -0.05) is 60.1 Å². The molecule has 5 aromatic carbocycles. The van der Waals surface area contributed by atoms with Gasteiger partial charge in [-0.3, -0.25) is 38.9 Å². The molecule has 15 aromatic rings. The molecule has 0 aliphatic heterocycles. The molecule has 29 heteroatoms. The van der Waals surface area contributed by atoms with E-state index in [0.29, 0.717) is 69.9 Å². The van der Waals surface area contributed by atoms with Crippen LogP contribution in [-0.4, -0.2) is 129 Å². The van der Waals surface area contributed by atoms with E-state index in [-0.39, 0.29) is 40.9 Å². The van der Waals surface area contributed by atoms with Gasteiger partial charge in [-0.25, -0.2) is 54.2 Å². The van der Waals surface area contributed by atoms with Crippen molar-refractivity contribution >= 4 is 143 Å². The fourth-order valence-electron chi connectivity index (χ4n) is 11.2. The SMILES string of the molecule is CN(c1cccnc1)c1cccc(C(=O)Cc2nccs2)c1.CN(c1cncnc1)c1cc(F)cc(C(=O)Cc2cncc(Cl)c2)c1.CN(c1cncnc1)c1cccc(C(=O)Cc2nccs2)c1.Cc1csc(CC(=O)c2cccc(N(C)c3cccnc3)c2)n1.Cc1csc(CC(=O)c2cccc(N(C)c3cncnc3)c2)n1. The van der Waals surface area contributed by atoms with Gasteiger partial charge in [0.25, 0.3) is 0 Å². The monoisotopic (exact) mass is 1620 g/mol. The van der Waals surface area contributed by atoms with Crippen LogP contribution < -0.4 is 24.5 Å². The molecule has 0 aliphatic rings. The third-order valence-corrected chi connectivity index (χ3v) is 21.1. The second-order valence-corrected chi connectivity index (χ2v) is 29.8. The molecule has 0 unspecified atom stereocenters. The number of carbonyl (C=O) groups is 5. The van der Waals surface area contributed by atoms with Crippen molar-refractivity contribution in [1.29, 1.82) is 0 Å². The molecule has 0 aliphatic carbocycles. The molecule has 10 heterocycles. The zero-order valence-electron chi connectivity index (χ0n) is 63.5. The van der Waals surface area contributed by atoms with E-state index in [1.54, 1.807) is 105 Å². The summed E-state index contributed by atoms with van der Waals surface area (Å²) in [6.07, 6.45) is 29.6. The van der Waals surface area contributed by atoms with E-state index in [0.717, 1.165) is 76.9 Å². The number of aryl methyl sites for hydroxylation is 2. The zero-order valence-corrected chi connectivity index (χ0v) is 67.5. The zero-order chi connectivity index (χ0) is 81.0. The Morgan fingerprint density at radius 2 is 0.670 bits per heavy atom. The molecular weight excluding hydrogens is 1550 g/mol. The lowest BCUT2D eigenvalue weighted by Crippen LogP contribution is -2.12. The van der Waals surface area contributed by atoms with Gasteiger partial charge in [-0.15, -0.1) is 45.3 Å². The molecule has 0 amide bonds. The van der Waals surface area contributed by atoms with Crippen LogP contribution in [-0.2, 0) is 32.1 Å². The quantitative estimate of drug-likeness (QED) is 0.0481. The minimum Gasteiger partial charge on any atom is -0.343 e. The second-order valence-electron chi connectivity index (χ2n) is 25.5. The van der Waals surface area contributed by atoms with Crippen LogP contribution in [0.1, 0.15) is 88.8 Å². The van der Waals surface area contributed by atoms with Gasteiger partial charge < -0.3 is 24.5 Å². The number of anilines is 10. The molecule has 0 spiro atoms. The molecule has 0 saturated carbocycles. The Labute approximate surface area is 685 Å². The molecular formula is C86H76ClFN18O5S4. The average Bonchev–Trinajstić information content (AvgIpc) is 0.938. The van der Waals surface area contributed by atoms with Crippen molar-refractivity contribution in [3.8, 4) is 0 Å². The normalized spacial score (nSPS) is 10.5. The number of ketones is 5. The standard InChI is InChI=1S/C18H14ClFN4O.C18H17N3OS.C17H16N4OS.C17H15N3OS.C16H14N4OS/c1-24(17-9-22-11-23-10-17)16-5-13(4-15(20)6-16)18(25)3-12-2-14(19)8-21-7-12;1-13-12-23-18(20-13)10-17(22)14-5-3-6-15(9-14)21(2)16-7-4-8-19-11-16;1-12-10-23-17(20-12)7-16(22)13-4-3-5-14(6-13)21(2)15-8-18-11-19-9-15;1-20(15-6-3-7-18-12-15)14-5-2-4-13(10-14)16(21)11-17-19-8-9-22-17;1-20(14-9-17-11-18-10-14)13-4-2-3-12(7-13)15(21)8-16-19-5-6-22-16/h2,4-11H,3H2,1H3;3-9,11-12H,10H2,1-2H3;3-6,8-11H,7H2,1-2H3;2-10,12H,11H2,1H3;2-7,9-11H,8H2,1H3. The number of aromatic nitrogens is 13. The van der Waals surface area contributed by atoms with E-state index in [2.05, 4.69) is 64.8 Å². The summed E-state index contributed by atoms with van der Waals surface area (Å²) in [6, 6.07) is 44.0. The van der Waals surface area contributed by atoms with Gasteiger partial charge in [0.05, 0.1) is 109 Å². The fraction of sp³-hybridized carbons (Fsp3) is 0.140. The molecule has 0 N–H and O–H groups in total. The summed E-state index contributed by atoms with van der Waals surface area (Å²) in [6.45, 7) is 3.87. The van der Waals surface area contributed by atoms with Crippen molar-refractivity contribution in [2.24, 2.45) is 0 Å². The highest BCUT2D eigenvalue weighted by molar-refractivity contribution is 7.10. The number of benzene rings is 5. The Hall–Kier alpha value is -13.1. The van der Waals surface area contributed by atoms with Crippen molar-refractivity contribution in [2.75, 3.05) is 59.7 Å². The topological polar surface area (TPSA) is 269 Å². The summed E-state index contributed by atoms with van der Waals surface area (Å²) < 4.78 is 14.0. The van der Waals surface area contributed by atoms with Crippen LogP contribution in [0.2, 0.25) is 5.02 Å². The van der Waals surface area contributed by atoms with Gasteiger partial charge in [0.1, 0.15) is 44.8 Å². The molecule has 0 saturated heterocycles. The number of thiazole rings is 4. The fourth-order valence-corrected chi connectivity index (χ4v) is 14.1. The molecule has 15 rings (SSSR count). The van der Waals surface area contributed by atoms with Crippen LogP contribution in [0, 0.1) is 19.7 Å². The van der Waals surface area contributed by atoms with Gasteiger partial charge in [0.2, 0.25) is 0 Å². The highest BCUT2D eigenvalue weighted by Gasteiger charge is 2.19. The molecule has 115 heavy (non-hydrogen) atoms. The minimum absolute atomic E-state index is 0.0644. The summed E-state index contributed by atoms with van der Waals surface area (Å²) in [7, 11) is 9.52. The summed E-state index contributed by atoms with van der Waals surface area (Å²) >= 11 is 11.9. The first-order valence-electron chi connectivity index (χ1n) is 35.6. The van der Waals surface area contributed by atoms with Crippen LogP contribution in [0.15, 0.2) is 273 Å². The molecule has 578 valence electrons. The number of hydrogen-bond donors (Lipinski definition) is 0. The summed E-state index contributed by atoms with van der Waals surface area (Å²) in [5.74, 6) is -0.415. The number of carbonyl (C=O) groups excluding carboxylic acids is 5. The number of Topliss-reactive ketones (excluding diaryl/α,β-unsaturated/α-hetero) is 5. The largest absolute Gasteiger partial charge is 0.343 e. The number of nitrogens with zero attached hydrogens (tertiary/aromatic N) is 18. The van der Waals surface area contributed by atoms with Gasteiger partial charge in [0.15, 0.2) is 28.9 Å². The Morgan fingerprint density at radius 1 is 0.330 bits per heavy atom. The Kier molecular flexibility index (Phi) is 29.8. The van der Waals surface area contributed by atoms with E-state index in [4.69, 9.17) is 11.6 Å². The first-order valence-corrected chi connectivity index (χ1v) is 39.5. The predicted molar refractivity (Wildman–Crippen MR) is 454 cm³/mol.